The van der Waals surface area contributed by atoms with Gasteiger partial charge in [0.05, 0.1) is 11.9 Å². The van der Waals surface area contributed by atoms with E-state index in [-0.39, 0.29) is 6.04 Å². The van der Waals surface area contributed by atoms with Gasteiger partial charge in [-0.1, -0.05) is 11.6 Å². The molecule has 2 rings (SSSR count). The highest BCUT2D eigenvalue weighted by atomic mass is 14.8. The number of aromatic nitrogens is 1. The van der Waals surface area contributed by atoms with Crippen LogP contribution >= 0.6 is 0 Å². The fraction of sp³-hybridized carbons (Fsp3) is 0.462. The number of pyridine rings is 1. The van der Waals surface area contributed by atoms with Gasteiger partial charge < -0.3 is 11.1 Å². The van der Waals surface area contributed by atoms with Crippen LogP contribution in [-0.4, -0.2) is 18.1 Å². The van der Waals surface area contributed by atoms with E-state index in [0.29, 0.717) is 5.92 Å². The largest absolute Gasteiger partial charge is 0.387 e. The summed E-state index contributed by atoms with van der Waals surface area (Å²) in [5, 5.41) is 3.20. The van der Waals surface area contributed by atoms with E-state index in [2.05, 4.69) is 29.4 Å². The van der Waals surface area contributed by atoms with Gasteiger partial charge >= 0.3 is 0 Å². The summed E-state index contributed by atoms with van der Waals surface area (Å²) in [6.07, 6.45) is 8.04. The molecular weight excluding hydrogens is 198 g/mol. The Hall–Kier alpha value is -1.35. The summed E-state index contributed by atoms with van der Waals surface area (Å²) < 4.78 is 0. The standard InChI is InChI=1S/C13H19N3/c1-9-5-10(7-11(14)6-9)12-3-4-16-8-13(12)15-2/h3-4,6,8,10-11,15H,5,7,14H2,1-2H3. The van der Waals surface area contributed by atoms with Gasteiger partial charge in [0.25, 0.3) is 0 Å². The highest BCUT2D eigenvalue weighted by molar-refractivity contribution is 5.51. The molecule has 0 fully saturated rings. The number of hydrogen-bond donors (Lipinski definition) is 2. The van der Waals surface area contributed by atoms with Crippen LogP contribution in [-0.2, 0) is 0 Å². The topological polar surface area (TPSA) is 50.9 Å². The summed E-state index contributed by atoms with van der Waals surface area (Å²) in [6, 6.07) is 2.29. The zero-order chi connectivity index (χ0) is 11.5. The second kappa shape index (κ2) is 4.66. The molecule has 1 aliphatic rings. The molecule has 16 heavy (non-hydrogen) atoms. The van der Waals surface area contributed by atoms with Crippen LogP contribution in [0.15, 0.2) is 30.1 Å². The van der Waals surface area contributed by atoms with Crippen LogP contribution in [0.5, 0.6) is 0 Å². The van der Waals surface area contributed by atoms with E-state index in [1.54, 1.807) is 0 Å². The number of nitrogens with two attached hydrogens (primary N) is 1. The lowest BCUT2D eigenvalue weighted by molar-refractivity contribution is 0.545. The van der Waals surface area contributed by atoms with Crippen LogP contribution in [0.4, 0.5) is 5.69 Å². The number of hydrogen-bond acceptors (Lipinski definition) is 3. The summed E-state index contributed by atoms with van der Waals surface area (Å²) in [4.78, 5) is 4.14. The van der Waals surface area contributed by atoms with Crippen LogP contribution in [0.2, 0.25) is 0 Å². The smallest absolute Gasteiger partial charge is 0.0559 e. The minimum absolute atomic E-state index is 0.191. The van der Waals surface area contributed by atoms with Gasteiger partial charge in [-0.15, -0.1) is 0 Å². The molecule has 0 radical (unpaired) electrons. The molecule has 0 aromatic carbocycles. The van der Waals surface area contributed by atoms with Gasteiger partial charge in [0.1, 0.15) is 0 Å². The fourth-order valence-electron chi connectivity index (χ4n) is 2.51. The Labute approximate surface area is 96.8 Å². The van der Waals surface area contributed by atoms with Crippen molar-refractivity contribution in [1.82, 2.24) is 4.98 Å². The maximum atomic E-state index is 6.03. The molecule has 3 heteroatoms. The van der Waals surface area contributed by atoms with E-state index >= 15 is 0 Å². The molecule has 0 amide bonds. The van der Waals surface area contributed by atoms with Gasteiger partial charge in [0, 0.05) is 19.3 Å². The molecule has 3 nitrogen and oxygen atoms in total. The van der Waals surface area contributed by atoms with Crippen LogP contribution in [0, 0.1) is 0 Å². The van der Waals surface area contributed by atoms with Crippen molar-refractivity contribution in [2.75, 3.05) is 12.4 Å². The maximum Gasteiger partial charge on any atom is 0.0559 e. The van der Waals surface area contributed by atoms with Gasteiger partial charge in [-0.2, -0.15) is 0 Å². The first-order chi connectivity index (χ1) is 7.70. The van der Waals surface area contributed by atoms with E-state index in [9.17, 15) is 0 Å². The van der Waals surface area contributed by atoms with Crippen molar-refractivity contribution in [3.05, 3.63) is 35.7 Å². The van der Waals surface area contributed by atoms with E-state index in [0.717, 1.165) is 18.5 Å². The molecular formula is C13H19N3. The van der Waals surface area contributed by atoms with Crippen LogP contribution in [0.3, 0.4) is 0 Å². The van der Waals surface area contributed by atoms with Crippen molar-refractivity contribution in [2.45, 2.75) is 31.7 Å². The van der Waals surface area contributed by atoms with Gasteiger partial charge in [-0.3, -0.25) is 4.98 Å². The summed E-state index contributed by atoms with van der Waals surface area (Å²) in [5.74, 6) is 0.519. The summed E-state index contributed by atoms with van der Waals surface area (Å²) in [5.41, 5.74) is 9.88. The molecule has 0 aliphatic heterocycles. The molecule has 3 N–H and O–H groups in total. The Morgan fingerprint density at radius 2 is 2.31 bits per heavy atom. The quantitative estimate of drug-likeness (QED) is 0.747. The van der Waals surface area contributed by atoms with Crippen molar-refractivity contribution >= 4 is 5.69 Å². The Morgan fingerprint density at radius 1 is 1.50 bits per heavy atom. The van der Waals surface area contributed by atoms with Crippen molar-refractivity contribution < 1.29 is 0 Å². The zero-order valence-electron chi connectivity index (χ0n) is 9.90. The van der Waals surface area contributed by atoms with Crippen molar-refractivity contribution in [3.8, 4) is 0 Å². The van der Waals surface area contributed by atoms with E-state index in [4.69, 9.17) is 5.73 Å². The van der Waals surface area contributed by atoms with Crippen molar-refractivity contribution in [3.63, 3.8) is 0 Å². The predicted molar refractivity (Wildman–Crippen MR) is 67.5 cm³/mol. The number of allylic oxidation sites excluding steroid dienone is 1. The van der Waals surface area contributed by atoms with Gasteiger partial charge in [0.2, 0.25) is 0 Å². The van der Waals surface area contributed by atoms with Crippen molar-refractivity contribution in [1.29, 1.82) is 0 Å². The van der Waals surface area contributed by atoms with Crippen LogP contribution < -0.4 is 11.1 Å². The van der Waals surface area contributed by atoms with Crippen molar-refractivity contribution in [2.24, 2.45) is 5.73 Å². The summed E-state index contributed by atoms with van der Waals surface area (Å²) in [6.45, 7) is 2.16. The fourth-order valence-corrected chi connectivity index (χ4v) is 2.51. The maximum absolute atomic E-state index is 6.03. The Morgan fingerprint density at radius 3 is 3.00 bits per heavy atom. The number of anilines is 1. The molecule has 0 spiro atoms. The minimum atomic E-state index is 0.191. The third-order valence-electron chi connectivity index (χ3n) is 3.19. The van der Waals surface area contributed by atoms with E-state index < -0.39 is 0 Å². The highest BCUT2D eigenvalue weighted by Crippen LogP contribution is 2.35. The average molecular weight is 217 g/mol. The first kappa shape index (κ1) is 11.1. The first-order valence-electron chi connectivity index (χ1n) is 5.75. The predicted octanol–water partition coefficient (Wildman–Crippen LogP) is 2.27. The third kappa shape index (κ3) is 2.25. The average Bonchev–Trinajstić information content (AvgIpc) is 2.27. The molecule has 1 aliphatic carbocycles. The van der Waals surface area contributed by atoms with Gasteiger partial charge in [0.15, 0.2) is 0 Å². The monoisotopic (exact) mass is 217 g/mol. The number of nitrogens with one attached hydrogen (secondary N) is 1. The Bertz CT molecular complexity index is 398. The van der Waals surface area contributed by atoms with Gasteiger partial charge in [-0.05, 0) is 37.3 Å². The Kier molecular flexibility index (Phi) is 3.25. The molecule has 0 saturated heterocycles. The molecule has 1 aromatic heterocycles. The molecule has 2 unspecified atom stereocenters. The molecule has 1 aromatic rings. The molecule has 0 saturated carbocycles. The molecule has 2 atom stereocenters. The zero-order valence-corrected chi connectivity index (χ0v) is 9.90. The second-order valence-corrected chi connectivity index (χ2v) is 4.53. The van der Waals surface area contributed by atoms with Gasteiger partial charge in [-0.25, -0.2) is 0 Å². The third-order valence-corrected chi connectivity index (χ3v) is 3.19. The van der Waals surface area contributed by atoms with Crippen LogP contribution in [0.25, 0.3) is 0 Å². The summed E-state index contributed by atoms with van der Waals surface area (Å²) >= 11 is 0. The molecule has 86 valence electrons. The van der Waals surface area contributed by atoms with E-state index in [1.165, 1.54) is 11.1 Å². The highest BCUT2D eigenvalue weighted by Gasteiger charge is 2.21. The van der Waals surface area contributed by atoms with E-state index in [1.807, 2.05) is 19.4 Å². The van der Waals surface area contributed by atoms with Crippen LogP contribution in [0.1, 0.15) is 31.2 Å². The molecule has 1 heterocycles. The lowest BCUT2D eigenvalue weighted by Crippen LogP contribution is -2.25. The molecule has 0 bridgehead atoms. The lowest BCUT2D eigenvalue weighted by Gasteiger charge is -2.27. The number of rotatable bonds is 2. The normalized spacial score (nSPS) is 25.1. The minimum Gasteiger partial charge on any atom is -0.387 e. The lowest BCUT2D eigenvalue weighted by atomic mass is 9.82. The summed E-state index contributed by atoms with van der Waals surface area (Å²) in [7, 11) is 1.94. The second-order valence-electron chi connectivity index (χ2n) is 4.53. The first-order valence-corrected chi connectivity index (χ1v) is 5.75. The number of nitrogens with zero attached hydrogens (tertiary/aromatic N) is 1. The SMILES string of the molecule is CNc1cnccc1C1CC(C)=CC(N)C1. The Balaban J connectivity index is 2.28.